The van der Waals surface area contributed by atoms with Gasteiger partial charge in [-0.2, -0.15) is 0 Å². The van der Waals surface area contributed by atoms with Crippen LogP contribution < -0.4 is 4.74 Å². The van der Waals surface area contributed by atoms with Crippen molar-refractivity contribution in [3.05, 3.63) is 324 Å². The summed E-state index contributed by atoms with van der Waals surface area (Å²) in [4.78, 5) is 61.8. The second kappa shape index (κ2) is 67.9. The van der Waals surface area contributed by atoms with Crippen LogP contribution in [0.25, 0.3) is 11.1 Å². The van der Waals surface area contributed by atoms with Crippen molar-refractivity contribution in [1.29, 1.82) is 0 Å². The molecule has 9 aromatic carbocycles. The van der Waals surface area contributed by atoms with Gasteiger partial charge in [0.1, 0.15) is 37.0 Å². The third kappa shape index (κ3) is 65.8. The summed E-state index contributed by atoms with van der Waals surface area (Å²) in [7, 11) is -2.27. The number of benzene rings is 9. The molecule has 17 heteroatoms. The molecule has 0 spiro atoms. The van der Waals surface area contributed by atoms with Gasteiger partial charge in [0.05, 0.1) is 18.6 Å². The first kappa shape index (κ1) is 123. The van der Waals surface area contributed by atoms with Gasteiger partial charge in [0, 0.05) is 69.8 Å². The van der Waals surface area contributed by atoms with Gasteiger partial charge in [-0.15, -0.1) is 6.58 Å². The standard InChI is InChI=1S/C20H18.C16H14O2.C9H10O2.C9H12O.C8H10O2S.C8H18O2Si.C8H10.C7H18Si.C6H12O2.C5H8O2.C5H12.C4H8.C3H6O.C2H6/c1-20(17-11-5-2-6-12-17,18-13-7-3-8-14-18)19-15-9-4-10-16-19;1-11(17)18-10-16-14-8-4-2-6-12(14)13-7-3-5-9-15(13)16;1-8(10)11-7-9-5-3-2-4-6-9;1-3-8-4-6-9(10-2)7-5-8;1-7-3-5-8(6-4-7)11(2,9)10;1-7(9)10-5-6-11-8(2,3)4;1-2-8-6-4-3-5-7-8;1-7(2,3)8(4,5)6;1-5(7)8-6(2,3)4;1-3-4-7-5(2)6;1-5(2,3)4;1-3-4-2;1-3(2)4;1-2/h2-16H,1H3;2-9,16H,10H2,1H3;2-6H,7H2,1H3;4-7H,3H2,1-2H3;3-6H,1-2H3;5-6,11H2,1-4H3;3-7H,2H2,1H3;1-6H3;1-4H3;3H,1,4H2,2H3;1-4H3;3H,1,4H2,2H3;1-2H3;1-2H3. The molecule has 0 N–H and O–H groups in total. The molecule has 127 heavy (non-hydrogen) atoms. The Balaban J connectivity index is -0.000000661. The van der Waals surface area contributed by atoms with Crippen molar-refractivity contribution < 1.29 is 65.6 Å². The summed E-state index contributed by atoms with van der Waals surface area (Å²) < 4.78 is 51.0. The number of methoxy groups -OCH3 is 1. The largest absolute Gasteiger partial charge is 0.497 e. The van der Waals surface area contributed by atoms with Gasteiger partial charge in [-0.3, -0.25) is 24.0 Å². The minimum atomic E-state index is -3.02. The summed E-state index contributed by atoms with van der Waals surface area (Å²) in [5.41, 5.74) is 13.9. The smallest absolute Gasteiger partial charge is 0.303 e. The van der Waals surface area contributed by atoms with Crippen LogP contribution in [-0.4, -0.2) is 100 Å². The molecule has 1 aliphatic rings. The highest BCUT2D eigenvalue weighted by molar-refractivity contribution is 7.90. The van der Waals surface area contributed by atoms with Gasteiger partial charge < -0.3 is 33.2 Å². The van der Waals surface area contributed by atoms with Crippen molar-refractivity contribution in [2.75, 3.05) is 33.2 Å². The van der Waals surface area contributed by atoms with Crippen molar-refractivity contribution in [3.63, 3.8) is 0 Å². The minimum absolute atomic E-state index is 0.0706. The van der Waals surface area contributed by atoms with Crippen molar-refractivity contribution in [3.8, 4) is 16.9 Å². The number of carbonyl (C=O) groups excluding carboxylic acids is 6. The minimum Gasteiger partial charge on any atom is -0.497 e. The fraction of sp³-hybridized carbons (Fsp3) is 0.418. The SMILES string of the molecule is C=CCC.C=CCOC(C)=O.CC.CC(=O)OC(C)(C)C.CC(=O)OCC1c2ccccc2-c2ccccc21.CC(=O)OCC[SiH2]C(C)(C)C.CC(=O)OCc1ccccc1.CC(C)(C)C.CC(C)(C)[Si](C)(C)C.CC(C)=O.CC(c1ccccc1)(c1ccccc1)c1ccccc1.CCc1ccc(OC)cc1.CCc1ccccc1.Cc1ccc(S(C)(=O)=O)cc1. The zero-order valence-electron chi connectivity index (χ0n) is 83.8. The first-order chi connectivity index (χ1) is 59.2. The van der Waals surface area contributed by atoms with E-state index in [1.165, 1.54) is 111 Å². The average molecular weight is 1800 g/mol. The van der Waals surface area contributed by atoms with Crippen molar-refractivity contribution >= 4 is 63.1 Å². The Morgan fingerprint density at radius 3 is 1.02 bits per heavy atom. The predicted octanol–water partition coefficient (Wildman–Crippen LogP) is 27.9. The van der Waals surface area contributed by atoms with Crippen LogP contribution >= 0.6 is 0 Å². The lowest BCUT2D eigenvalue weighted by atomic mass is 9.71. The van der Waals surface area contributed by atoms with Crippen LogP contribution in [0, 0.1) is 12.3 Å². The van der Waals surface area contributed by atoms with E-state index in [0.717, 1.165) is 42.2 Å². The number of aryl methyl sites for hydroxylation is 3. The summed E-state index contributed by atoms with van der Waals surface area (Å²) >= 11 is 0. The molecule has 0 fully saturated rings. The Bertz CT molecular complexity index is 4330. The number of ketones is 1. The molecule has 0 unspecified atom stereocenters. The molecule has 0 bridgehead atoms. The highest BCUT2D eigenvalue weighted by atomic mass is 32.2. The molecule has 0 saturated carbocycles. The van der Waals surface area contributed by atoms with E-state index in [1.54, 1.807) is 31.4 Å². The normalized spacial score (nSPS) is 10.7. The maximum Gasteiger partial charge on any atom is 0.303 e. The van der Waals surface area contributed by atoms with E-state index in [9.17, 15) is 37.2 Å². The fourth-order valence-corrected chi connectivity index (χ4v) is 12.0. The molecule has 0 atom stereocenters. The summed E-state index contributed by atoms with van der Waals surface area (Å²) in [6.07, 6.45) is 7.92. The number of ether oxygens (including phenoxy) is 6. The van der Waals surface area contributed by atoms with Gasteiger partial charge >= 0.3 is 29.8 Å². The molecule has 0 radical (unpaired) electrons. The van der Waals surface area contributed by atoms with Gasteiger partial charge in [0.15, 0.2) is 9.84 Å². The Labute approximate surface area is 773 Å². The van der Waals surface area contributed by atoms with E-state index < -0.39 is 17.9 Å². The lowest BCUT2D eigenvalue weighted by Gasteiger charge is -2.32. The van der Waals surface area contributed by atoms with Gasteiger partial charge in [-0.05, 0) is 169 Å². The summed E-state index contributed by atoms with van der Waals surface area (Å²) in [5, 5.41) is 1.06. The molecular weight excluding hydrogens is 1630 g/mol. The number of rotatable bonds is 17. The van der Waals surface area contributed by atoms with Crippen LogP contribution in [-0.2, 0) is 87.2 Å². The van der Waals surface area contributed by atoms with E-state index in [2.05, 4.69) is 286 Å². The topological polar surface area (TPSA) is 192 Å². The van der Waals surface area contributed by atoms with Crippen LogP contribution in [0.5, 0.6) is 5.75 Å². The van der Waals surface area contributed by atoms with Crippen LogP contribution in [0.4, 0.5) is 0 Å². The Morgan fingerprint density at radius 2 is 0.764 bits per heavy atom. The molecule has 9 aromatic rings. The van der Waals surface area contributed by atoms with Crippen molar-refractivity contribution in [2.24, 2.45) is 5.41 Å². The molecule has 0 aliphatic heterocycles. The molecule has 14 nitrogen and oxygen atoms in total. The molecule has 10 rings (SSSR count). The van der Waals surface area contributed by atoms with E-state index in [-0.39, 0.29) is 62.1 Å². The molecule has 0 aromatic heterocycles. The molecule has 0 heterocycles. The number of esters is 5. The number of Topliss-reactive ketones (excluding diaryl/α,β-unsaturated/α-hetero) is 1. The first-order valence-electron chi connectivity index (χ1n) is 43.9. The van der Waals surface area contributed by atoms with Crippen molar-refractivity contribution in [1.82, 2.24) is 0 Å². The number of hydrogen-bond donors (Lipinski definition) is 0. The molecule has 700 valence electrons. The lowest BCUT2D eigenvalue weighted by Crippen LogP contribution is -2.32. The zero-order valence-corrected chi connectivity index (χ0v) is 87.0. The highest BCUT2D eigenvalue weighted by Gasteiger charge is 2.32. The average Bonchev–Trinajstić information content (AvgIpc) is 1.75. The monoisotopic (exact) mass is 1800 g/mol. The van der Waals surface area contributed by atoms with Crippen LogP contribution in [0.3, 0.4) is 0 Å². The number of carbonyl (C=O) groups is 6. The Hall–Kier alpha value is -10.3. The summed E-state index contributed by atoms with van der Waals surface area (Å²) in [6.45, 7) is 68.5. The molecule has 0 amide bonds. The second-order valence-corrected chi connectivity index (χ2v) is 46.9. The van der Waals surface area contributed by atoms with Gasteiger partial charge in [-0.25, -0.2) is 8.42 Å². The van der Waals surface area contributed by atoms with E-state index >= 15 is 0 Å². The number of allylic oxidation sites excluding steroid dienone is 1. The maximum atomic E-state index is 11.0. The van der Waals surface area contributed by atoms with Crippen LogP contribution in [0.2, 0.25) is 35.8 Å². The molecular formula is C110H162O14SSi2. The van der Waals surface area contributed by atoms with Gasteiger partial charge in [-0.1, -0.05) is 372 Å². The van der Waals surface area contributed by atoms with E-state index in [1.807, 2.05) is 120 Å². The quantitative estimate of drug-likeness (QED) is 0.0209. The lowest BCUT2D eigenvalue weighted by molar-refractivity contribution is -0.152. The molecule has 1 aliphatic carbocycles. The second-order valence-electron chi connectivity index (χ2n) is 35.6. The molecule has 0 saturated heterocycles. The Morgan fingerprint density at radius 1 is 0.441 bits per heavy atom. The van der Waals surface area contributed by atoms with Crippen LogP contribution in [0.1, 0.15) is 242 Å². The van der Waals surface area contributed by atoms with E-state index in [4.69, 9.17) is 23.7 Å². The number of fused-ring (bicyclic) bond motifs is 3. The summed E-state index contributed by atoms with van der Waals surface area (Å²) in [6, 6.07) is 84.9. The van der Waals surface area contributed by atoms with Gasteiger partial charge in [0.2, 0.25) is 0 Å². The summed E-state index contributed by atoms with van der Waals surface area (Å²) in [5.74, 6) is 0.148. The first-order valence-corrected chi connectivity index (χ1v) is 51.0. The van der Waals surface area contributed by atoms with Gasteiger partial charge in [0.25, 0.3) is 0 Å². The van der Waals surface area contributed by atoms with Crippen LogP contribution in [0.15, 0.2) is 279 Å². The fourth-order valence-electron chi connectivity index (χ4n) is 10.0. The maximum absolute atomic E-state index is 11.0. The third-order valence-corrected chi connectivity index (χ3v) is 25.6. The number of sulfone groups is 1. The third-order valence-electron chi connectivity index (χ3n) is 17.8. The Kier molecular flexibility index (Phi) is 65.7. The predicted molar refractivity (Wildman–Crippen MR) is 544 cm³/mol. The zero-order chi connectivity index (χ0) is 98.1. The number of hydrogen-bond acceptors (Lipinski definition) is 14. The highest BCUT2D eigenvalue weighted by Crippen LogP contribution is 2.45. The van der Waals surface area contributed by atoms with Crippen molar-refractivity contribution in [2.45, 2.75) is 270 Å². The van der Waals surface area contributed by atoms with E-state index in [0.29, 0.717) is 46.8 Å².